The molecule has 8 heteroatoms. The molecule has 8 nitrogen and oxygen atoms in total. The summed E-state index contributed by atoms with van der Waals surface area (Å²) in [6.45, 7) is 0. The van der Waals surface area contributed by atoms with Crippen molar-refractivity contribution in [2.75, 3.05) is 17.7 Å². The SMILES string of the molecule is COc1cc(NC(=O)c2cccc([N+](=O)[O-])c2)ccc1NC(=O)c1ccccc1. The summed E-state index contributed by atoms with van der Waals surface area (Å²) in [7, 11) is 1.44. The van der Waals surface area contributed by atoms with Crippen LogP contribution in [0.2, 0.25) is 0 Å². The third kappa shape index (κ3) is 4.75. The number of non-ortho nitro benzene ring substituents is 1. The lowest BCUT2D eigenvalue weighted by Gasteiger charge is -2.13. The summed E-state index contributed by atoms with van der Waals surface area (Å²) in [5.74, 6) is -0.444. The Balaban J connectivity index is 1.76. The number of carbonyl (C=O) groups excluding carboxylic acids is 2. The number of ether oxygens (including phenoxy) is 1. The minimum Gasteiger partial charge on any atom is -0.494 e. The van der Waals surface area contributed by atoms with Gasteiger partial charge >= 0.3 is 0 Å². The fraction of sp³-hybridized carbons (Fsp3) is 0.0476. The van der Waals surface area contributed by atoms with Gasteiger partial charge in [-0.2, -0.15) is 0 Å². The van der Waals surface area contributed by atoms with Gasteiger partial charge in [0.05, 0.1) is 17.7 Å². The normalized spacial score (nSPS) is 10.1. The van der Waals surface area contributed by atoms with E-state index in [1.165, 1.54) is 31.4 Å². The quantitative estimate of drug-likeness (QED) is 0.485. The van der Waals surface area contributed by atoms with Gasteiger partial charge in [0.15, 0.2) is 0 Å². The monoisotopic (exact) mass is 391 g/mol. The topological polar surface area (TPSA) is 111 Å². The van der Waals surface area contributed by atoms with Gasteiger partial charge < -0.3 is 15.4 Å². The Morgan fingerprint density at radius 1 is 0.862 bits per heavy atom. The third-order valence-corrected chi connectivity index (χ3v) is 4.06. The lowest BCUT2D eigenvalue weighted by atomic mass is 10.1. The van der Waals surface area contributed by atoms with E-state index in [1.54, 1.807) is 42.5 Å². The van der Waals surface area contributed by atoms with Crippen LogP contribution in [0.1, 0.15) is 20.7 Å². The summed E-state index contributed by atoms with van der Waals surface area (Å²) in [4.78, 5) is 35.0. The largest absolute Gasteiger partial charge is 0.494 e. The van der Waals surface area contributed by atoms with Gasteiger partial charge in [0.1, 0.15) is 5.75 Å². The van der Waals surface area contributed by atoms with Crippen LogP contribution in [0, 0.1) is 10.1 Å². The van der Waals surface area contributed by atoms with Gasteiger partial charge in [-0.25, -0.2) is 0 Å². The number of nitro groups is 1. The summed E-state index contributed by atoms with van der Waals surface area (Å²) in [6.07, 6.45) is 0. The maximum Gasteiger partial charge on any atom is 0.270 e. The number of benzene rings is 3. The van der Waals surface area contributed by atoms with E-state index in [9.17, 15) is 19.7 Å². The smallest absolute Gasteiger partial charge is 0.270 e. The molecule has 2 N–H and O–H groups in total. The van der Waals surface area contributed by atoms with Crippen molar-refractivity contribution in [2.45, 2.75) is 0 Å². The molecule has 0 unspecified atom stereocenters. The molecule has 0 aliphatic carbocycles. The number of hydrogen-bond donors (Lipinski definition) is 2. The van der Waals surface area contributed by atoms with Crippen molar-refractivity contribution >= 4 is 28.9 Å². The molecule has 0 bridgehead atoms. The Morgan fingerprint density at radius 2 is 1.55 bits per heavy atom. The van der Waals surface area contributed by atoms with Crippen LogP contribution >= 0.6 is 0 Å². The van der Waals surface area contributed by atoms with Crippen molar-refractivity contribution in [2.24, 2.45) is 0 Å². The van der Waals surface area contributed by atoms with Crippen molar-refractivity contribution < 1.29 is 19.2 Å². The highest BCUT2D eigenvalue weighted by atomic mass is 16.6. The van der Waals surface area contributed by atoms with Crippen molar-refractivity contribution in [3.63, 3.8) is 0 Å². The lowest BCUT2D eigenvalue weighted by molar-refractivity contribution is -0.384. The second kappa shape index (κ2) is 8.66. The molecule has 0 fully saturated rings. The van der Waals surface area contributed by atoms with Crippen LogP contribution in [0.3, 0.4) is 0 Å². The van der Waals surface area contributed by atoms with Crippen LogP contribution in [0.25, 0.3) is 0 Å². The Bertz CT molecular complexity index is 1070. The first-order chi connectivity index (χ1) is 14.0. The predicted molar refractivity (Wildman–Crippen MR) is 108 cm³/mol. The summed E-state index contributed by atoms with van der Waals surface area (Å²) < 4.78 is 5.31. The Kier molecular flexibility index (Phi) is 5.84. The van der Waals surface area contributed by atoms with Gasteiger partial charge in [0, 0.05) is 35.0 Å². The van der Waals surface area contributed by atoms with E-state index in [0.717, 1.165) is 0 Å². The van der Waals surface area contributed by atoms with Gasteiger partial charge in [-0.1, -0.05) is 24.3 Å². The van der Waals surface area contributed by atoms with Crippen molar-refractivity contribution in [1.82, 2.24) is 0 Å². The zero-order valence-electron chi connectivity index (χ0n) is 15.4. The first-order valence-corrected chi connectivity index (χ1v) is 8.58. The fourth-order valence-electron chi connectivity index (χ4n) is 2.62. The second-order valence-electron chi connectivity index (χ2n) is 6.00. The Hall–Kier alpha value is -4.20. The lowest BCUT2D eigenvalue weighted by Crippen LogP contribution is -2.14. The summed E-state index contributed by atoms with van der Waals surface area (Å²) in [5.41, 5.74) is 1.33. The van der Waals surface area contributed by atoms with E-state index in [4.69, 9.17) is 4.74 Å². The molecule has 0 radical (unpaired) electrons. The number of anilines is 2. The van der Waals surface area contributed by atoms with Crippen LogP contribution in [-0.4, -0.2) is 23.8 Å². The van der Waals surface area contributed by atoms with Crippen molar-refractivity contribution in [3.05, 3.63) is 94.0 Å². The van der Waals surface area contributed by atoms with Crippen LogP contribution < -0.4 is 15.4 Å². The third-order valence-electron chi connectivity index (χ3n) is 4.06. The highest BCUT2D eigenvalue weighted by molar-refractivity contribution is 6.06. The van der Waals surface area contributed by atoms with Crippen molar-refractivity contribution in [3.8, 4) is 5.75 Å². The first-order valence-electron chi connectivity index (χ1n) is 8.58. The minimum atomic E-state index is -0.565. The summed E-state index contributed by atoms with van der Waals surface area (Å²) in [5, 5.41) is 16.3. The van der Waals surface area contributed by atoms with Crippen LogP contribution in [0.5, 0.6) is 5.75 Å². The maximum atomic E-state index is 12.4. The molecule has 0 saturated carbocycles. The van der Waals surface area contributed by atoms with Crippen LogP contribution in [0.4, 0.5) is 17.1 Å². The van der Waals surface area contributed by atoms with Gasteiger partial charge in [-0.3, -0.25) is 19.7 Å². The number of nitrogens with zero attached hydrogens (tertiary/aromatic N) is 1. The van der Waals surface area contributed by atoms with E-state index in [2.05, 4.69) is 10.6 Å². The predicted octanol–water partition coefficient (Wildman–Crippen LogP) is 4.11. The van der Waals surface area contributed by atoms with E-state index >= 15 is 0 Å². The molecule has 0 aromatic heterocycles. The molecule has 0 heterocycles. The molecule has 0 aliphatic rings. The zero-order valence-corrected chi connectivity index (χ0v) is 15.4. The molecule has 3 rings (SSSR count). The molecule has 0 spiro atoms. The van der Waals surface area contributed by atoms with E-state index < -0.39 is 10.8 Å². The molecule has 0 aliphatic heterocycles. The van der Waals surface area contributed by atoms with Gasteiger partial charge in [0.2, 0.25) is 0 Å². The highest BCUT2D eigenvalue weighted by Gasteiger charge is 2.14. The van der Waals surface area contributed by atoms with Gasteiger partial charge in [-0.15, -0.1) is 0 Å². The number of amides is 2. The Labute approximate surface area is 166 Å². The summed E-state index contributed by atoms with van der Waals surface area (Å²) >= 11 is 0. The van der Waals surface area contributed by atoms with E-state index in [0.29, 0.717) is 22.7 Å². The molecule has 0 atom stereocenters. The maximum absolute atomic E-state index is 12.4. The van der Waals surface area contributed by atoms with Crippen LogP contribution in [-0.2, 0) is 0 Å². The van der Waals surface area contributed by atoms with Crippen molar-refractivity contribution in [1.29, 1.82) is 0 Å². The second-order valence-corrected chi connectivity index (χ2v) is 6.00. The average Bonchev–Trinajstić information content (AvgIpc) is 2.75. The average molecular weight is 391 g/mol. The first kappa shape index (κ1) is 19.6. The molecule has 0 saturated heterocycles. The van der Waals surface area contributed by atoms with E-state index in [1.807, 2.05) is 6.07 Å². The highest BCUT2D eigenvalue weighted by Crippen LogP contribution is 2.29. The number of rotatable bonds is 6. The number of hydrogen-bond acceptors (Lipinski definition) is 5. The standard InChI is InChI=1S/C21H17N3O5/c1-29-19-13-16(22-21(26)15-8-5-9-17(12-15)24(27)28)10-11-18(19)23-20(25)14-6-3-2-4-7-14/h2-13H,1H3,(H,22,26)(H,23,25). The molecule has 146 valence electrons. The molecule has 2 amide bonds. The molecular formula is C21H17N3O5. The van der Waals surface area contributed by atoms with E-state index in [-0.39, 0.29) is 17.2 Å². The van der Waals surface area contributed by atoms with Gasteiger partial charge in [-0.05, 0) is 30.3 Å². The van der Waals surface area contributed by atoms with Gasteiger partial charge in [0.25, 0.3) is 17.5 Å². The molecule has 3 aromatic carbocycles. The Morgan fingerprint density at radius 3 is 2.24 bits per heavy atom. The number of methoxy groups -OCH3 is 1. The number of carbonyl (C=O) groups is 2. The number of nitro benzene ring substituents is 1. The van der Waals surface area contributed by atoms with Crippen LogP contribution in [0.15, 0.2) is 72.8 Å². The molecule has 3 aromatic rings. The fourth-order valence-corrected chi connectivity index (χ4v) is 2.62. The minimum absolute atomic E-state index is 0.152. The summed E-state index contributed by atoms with van der Waals surface area (Å²) in [6, 6.07) is 18.9. The number of nitrogens with one attached hydrogen (secondary N) is 2. The molecular weight excluding hydrogens is 374 g/mol. The molecule has 29 heavy (non-hydrogen) atoms. The zero-order chi connectivity index (χ0) is 20.8.